The number of halogens is 2. The number of amides is 1. The molecule has 116 valence electrons. The average Bonchev–Trinajstić information content (AvgIpc) is 2.44. The summed E-state index contributed by atoms with van der Waals surface area (Å²) < 4.78 is 0. The number of benzene rings is 1. The fourth-order valence-electron chi connectivity index (χ4n) is 1.45. The van der Waals surface area contributed by atoms with Crippen LogP contribution in [-0.2, 0) is 0 Å². The van der Waals surface area contributed by atoms with Crippen molar-refractivity contribution in [1.82, 2.24) is 5.32 Å². The van der Waals surface area contributed by atoms with E-state index in [4.69, 9.17) is 28.3 Å². The van der Waals surface area contributed by atoms with Crippen LogP contribution in [0.4, 0.5) is 5.69 Å². The zero-order valence-corrected chi connectivity index (χ0v) is 13.3. The van der Waals surface area contributed by atoms with Crippen molar-refractivity contribution in [3.63, 3.8) is 0 Å². The van der Waals surface area contributed by atoms with Crippen LogP contribution in [0.15, 0.2) is 12.1 Å². The smallest absolute Gasteiger partial charge is 0.290 e. The van der Waals surface area contributed by atoms with Gasteiger partial charge in [0.1, 0.15) is 5.02 Å². The number of aliphatic hydroxyl groups excluding tert-OH is 1. The number of carbonyl (C=O) groups is 1. The average molecular weight is 353 g/mol. The Kier molecular flexibility index (Phi) is 7.81. The predicted octanol–water partition coefficient (Wildman–Crippen LogP) is 2.75. The molecule has 6 nitrogen and oxygen atoms in total. The second kappa shape index (κ2) is 9.09. The Morgan fingerprint density at radius 2 is 2.10 bits per heavy atom. The molecule has 0 spiro atoms. The summed E-state index contributed by atoms with van der Waals surface area (Å²) in [7, 11) is 0. The van der Waals surface area contributed by atoms with Gasteiger partial charge in [0.05, 0.1) is 9.95 Å². The van der Waals surface area contributed by atoms with E-state index in [0.717, 1.165) is 11.8 Å². The van der Waals surface area contributed by atoms with Gasteiger partial charge in [-0.3, -0.25) is 14.9 Å². The van der Waals surface area contributed by atoms with E-state index < -0.39 is 16.5 Å². The van der Waals surface area contributed by atoms with Crippen LogP contribution in [0, 0.1) is 10.1 Å². The first-order chi connectivity index (χ1) is 9.97. The molecule has 9 heteroatoms. The SMILES string of the molecule is O=C(NCCSCCCO)c1cc(Cl)c(Cl)c([N+](=O)[O-])c1. The van der Waals surface area contributed by atoms with Gasteiger partial charge in [0.15, 0.2) is 0 Å². The number of hydrogen-bond acceptors (Lipinski definition) is 5. The maximum atomic E-state index is 11.9. The normalized spacial score (nSPS) is 10.4. The van der Waals surface area contributed by atoms with Gasteiger partial charge in [-0.2, -0.15) is 11.8 Å². The molecule has 2 N–H and O–H groups in total. The van der Waals surface area contributed by atoms with Crippen LogP contribution in [0.25, 0.3) is 0 Å². The Labute approximate surface area is 136 Å². The van der Waals surface area contributed by atoms with Gasteiger partial charge >= 0.3 is 0 Å². The fraction of sp³-hybridized carbons (Fsp3) is 0.417. The zero-order chi connectivity index (χ0) is 15.8. The standard InChI is InChI=1S/C12H14Cl2N2O4S/c13-9-6-8(7-10(11(9)14)16(19)20)12(18)15-2-5-21-4-1-3-17/h6-7,17H,1-5H2,(H,15,18). The van der Waals surface area contributed by atoms with Crippen LogP contribution in [-0.4, -0.2) is 40.6 Å². The third kappa shape index (κ3) is 5.70. The van der Waals surface area contributed by atoms with E-state index in [9.17, 15) is 14.9 Å². The lowest BCUT2D eigenvalue weighted by Crippen LogP contribution is -2.26. The van der Waals surface area contributed by atoms with Crippen molar-refractivity contribution >= 4 is 46.6 Å². The Morgan fingerprint density at radius 3 is 2.71 bits per heavy atom. The molecular formula is C12H14Cl2N2O4S. The topological polar surface area (TPSA) is 92.5 Å². The van der Waals surface area contributed by atoms with Crippen molar-refractivity contribution in [1.29, 1.82) is 0 Å². The fourth-order valence-corrected chi connectivity index (χ4v) is 2.62. The number of thioether (sulfide) groups is 1. The summed E-state index contributed by atoms with van der Waals surface area (Å²) in [6.45, 7) is 0.565. The monoisotopic (exact) mass is 352 g/mol. The molecule has 1 aromatic carbocycles. The molecule has 0 aromatic heterocycles. The van der Waals surface area contributed by atoms with Crippen molar-refractivity contribution in [2.24, 2.45) is 0 Å². The van der Waals surface area contributed by atoms with Gasteiger partial charge in [0.2, 0.25) is 0 Å². The summed E-state index contributed by atoms with van der Waals surface area (Å²) in [6, 6.07) is 2.40. The molecule has 21 heavy (non-hydrogen) atoms. The largest absolute Gasteiger partial charge is 0.396 e. The third-order valence-corrected chi connectivity index (χ3v) is 4.31. The number of nitrogens with one attached hydrogen (secondary N) is 1. The number of aliphatic hydroxyl groups is 1. The second-order valence-corrected chi connectivity index (χ2v) is 6.00. The molecule has 0 radical (unpaired) electrons. The maximum Gasteiger partial charge on any atom is 0.290 e. The van der Waals surface area contributed by atoms with E-state index in [0.29, 0.717) is 18.7 Å². The lowest BCUT2D eigenvalue weighted by molar-refractivity contribution is -0.384. The summed E-state index contributed by atoms with van der Waals surface area (Å²) in [5, 5.41) is 21.9. The molecule has 0 saturated heterocycles. The van der Waals surface area contributed by atoms with E-state index in [1.807, 2.05) is 0 Å². The van der Waals surface area contributed by atoms with Crippen molar-refractivity contribution in [2.75, 3.05) is 24.7 Å². The van der Waals surface area contributed by atoms with Gasteiger partial charge in [-0.05, 0) is 18.2 Å². The molecule has 0 bridgehead atoms. The number of nitro benzene ring substituents is 1. The quantitative estimate of drug-likeness (QED) is 0.426. The van der Waals surface area contributed by atoms with Crippen LogP contribution in [0.5, 0.6) is 0 Å². The van der Waals surface area contributed by atoms with Gasteiger partial charge in [0.25, 0.3) is 11.6 Å². The van der Waals surface area contributed by atoms with Crippen LogP contribution in [0.2, 0.25) is 10.0 Å². The van der Waals surface area contributed by atoms with Gasteiger partial charge in [-0.25, -0.2) is 0 Å². The number of nitrogens with zero attached hydrogens (tertiary/aromatic N) is 1. The Hall–Kier alpha value is -1.02. The Balaban J connectivity index is 2.60. The molecule has 0 unspecified atom stereocenters. The first kappa shape index (κ1) is 18.0. The summed E-state index contributed by atoms with van der Waals surface area (Å²) in [6.07, 6.45) is 0.706. The minimum absolute atomic E-state index is 0.0339. The predicted molar refractivity (Wildman–Crippen MR) is 84.5 cm³/mol. The van der Waals surface area contributed by atoms with Crippen LogP contribution in [0.1, 0.15) is 16.8 Å². The first-order valence-corrected chi connectivity index (χ1v) is 7.98. The summed E-state index contributed by atoms with van der Waals surface area (Å²) in [5.41, 5.74) is -0.303. The Bertz CT molecular complexity index is 528. The van der Waals surface area contributed by atoms with E-state index >= 15 is 0 Å². The van der Waals surface area contributed by atoms with Gasteiger partial charge in [0, 0.05) is 30.5 Å². The van der Waals surface area contributed by atoms with Crippen molar-refractivity contribution in [3.05, 3.63) is 37.9 Å². The summed E-state index contributed by atoms with van der Waals surface area (Å²) in [4.78, 5) is 22.0. The molecule has 1 amide bonds. The van der Waals surface area contributed by atoms with Gasteiger partial charge < -0.3 is 10.4 Å². The highest BCUT2D eigenvalue weighted by atomic mass is 35.5. The van der Waals surface area contributed by atoms with E-state index in [1.54, 1.807) is 11.8 Å². The Morgan fingerprint density at radius 1 is 1.38 bits per heavy atom. The first-order valence-electron chi connectivity index (χ1n) is 6.07. The van der Waals surface area contributed by atoms with Crippen molar-refractivity contribution in [3.8, 4) is 0 Å². The number of rotatable bonds is 8. The molecule has 0 fully saturated rings. The van der Waals surface area contributed by atoms with Crippen LogP contribution in [0.3, 0.4) is 0 Å². The highest BCUT2D eigenvalue weighted by Crippen LogP contribution is 2.32. The third-order valence-electron chi connectivity index (χ3n) is 2.45. The van der Waals surface area contributed by atoms with E-state index in [1.165, 1.54) is 6.07 Å². The van der Waals surface area contributed by atoms with Gasteiger partial charge in [-0.1, -0.05) is 23.2 Å². The molecule has 0 saturated carbocycles. The molecule has 0 heterocycles. The maximum absolute atomic E-state index is 11.9. The molecular weight excluding hydrogens is 339 g/mol. The minimum atomic E-state index is -0.685. The van der Waals surface area contributed by atoms with Gasteiger partial charge in [-0.15, -0.1) is 0 Å². The van der Waals surface area contributed by atoms with E-state index in [-0.39, 0.29) is 22.2 Å². The molecule has 0 aliphatic rings. The highest BCUT2D eigenvalue weighted by Gasteiger charge is 2.19. The number of carbonyl (C=O) groups excluding carboxylic acids is 1. The molecule has 1 aromatic rings. The van der Waals surface area contributed by atoms with Crippen molar-refractivity contribution < 1.29 is 14.8 Å². The zero-order valence-electron chi connectivity index (χ0n) is 11.0. The number of hydrogen-bond donors (Lipinski definition) is 2. The molecule has 0 atom stereocenters. The highest BCUT2D eigenvalue weighted by molar-refractivity contribution is 7.99. The summed E-state index contributed by atoms with van der Waals surface area (Å²) >= 11 is 13.1. The van der Waals surface area contributed by atoms with E-state index in [2.05, 4.69) is 5.32 Å². The molecule has 0 aliphatic carbocycles. The second-order valence-electron chi connectivity index (χ2n) is 3.99. The van der Waals surface area contributed by atoms with Crippen molar-refractivity contribution in [2.45, 2.75) is 6.42 Å². The number of nitro groups is 1. The minimum Gasteiger partial charge on any atom is -0.396 e. The lowest BCUT2D eigenvalue weighted by atomic mass is 10.2. The van der Waals surface area contributed by atoms with Crippen LogP contribution >= 0.6 is 35.0 Å². The lowest BCUT2D eigenvalue weighted by Gasteiger charge is -2.06. The molecule has 0 aliphatic heterocycles. The molecule has 1 rings (SSSR count). The summed E-state index contributed by atoms with van der Waals surface area (Å²) in [5.74, 6) is 1.05. The van der Waals surface area contributed by atoms with Crippen LogP contribution < -0.4 is 5.32 Å².